The van der Waals surface area contributed by atoms with Crippen molar-refractivity contribution in [3.05, 3.63) is 22.7 Å². The first kappa shape index (κ1) is 13.8. The summed E-state index contributed by atoms with van der Waals surface area (Å²) in [6.07, 6.45) is -0.915. The summed E-state index contributed by atoms with van der Waals surface area (Å²) in [5, 5.41) is 25.1. The number of rotatable bonds is 4. The number of halogens is 1. The largest absolute Gasteiger partial charge is 0.506 e. The summed E-state index contributed by atoms with van der Waals surface area (Å²) in [7, 11) is 1.68. The fourth-order valence-corrected chi connectivity index (χ4v) is 1.79. The molecule has 0 aliphatic carbocycles. The molecular formula is C11H15ClN2O3. The van der Waals surface area contributed by atoms with Gasteiger partial charge in [-0.25, -0.2) is 0 Å². The summed E-state index contributed by atoms with van der Waals surface area (Å²) in [5.41, 5.74) is 0.448. The van der Waals surface area contributed by atoms with E-state index in [4.69, 9.17) is 11.6 Å². The van der Waals surface area contributed by atoms with E-state index in [1.54, 1.807) is 7.05 Å². The minimum Gasteiger partial charge on any atom is -0.506 e. The molecule has 1 amide bonds. The van der Waals surface area contributed by atoms with Crippen LogP contribution in [-0.4, -0.2) is 29.7 Å². The number of aliphatic hydroxyl groups is 1. The third kappa shape index (κ3) is 3.33. The van der Waals surface area contributed by atoms with Crippen LogP contribution in [-0.2, 0) is 4.79 Å². The van der Waals surface area contributed by atoms with Gasteiger partial charge in [-0.15, -0.1) is 0 Å². The summed E-state index contributed by atoms with van der Waals surface area (Å²) in [6.45, 7) is 1.57. The van der Waals surface area contributed by atoms with Gasteiger partial charge in [-0.3, -0.25) is 4.79 Å². The van der Waals surface area contributed by atoms with E-state index >= 15 is 0 Å². The molecule has 0 aliphatic rings. The van der Waals surface area contributed by atoms with Crippen LogP contribution in [0, 0.1) is 0 Å². The Morgan fingerprint density at radius 2 is 2.18 bits per heavy atom. The molecule has 1 atom stereocenters. The van der Waals surface area contributed by atoms with Crippen LogP contribution in [0.25, 0.3) is 0 Å². The molecule has 0 fully saturated rings. The van der Waals surface area contributed by atoms with Crippen LogP contribution in [0.4, 0.5) is 5.69 Å². The zero-order valence-electron chi connectivity index (χ0n) is 9.62. The predicted octanol–water partition coefficient (Wildman–Crippen LogP) is 1.26. The highest BCUT2D eigenvalue weighted by molar-refractivity contribution is 6.32. The van der Waals surface area contributed by atoms with E-state index in [2.05, 4.69) is 10.6 Å². The maximum absolute atomic E-state index is 11.0. The number of hydrogen-bond donors (Lipinski definition) is 4. The molecule has 1 unspecified atom stereocenters. The number of phenolic OH excluding ortho intramolecular Hbond substituents is 1. The van der Waals surface area contributed by atoms with Crippen molar-refractivity contribution in [3.63, 3.8) is 0 Å². The molecule has 1 rings (SSSR count). The van der Waals surface area contributed by atoms with Crippen LogP contribution in [0.1, 0.15) is 18.6 Å². The van der Waals surface area contributed by atoms with Crippen LogP contribution >= 0.6 is 11.6 Å². The zero-order chi connectivity index (χ0) is 13.0. The van der Waals surface area contributed by atoms with Crippen LogP contribution in [0.15, 0.2) is 12.1 Å². The fraction of sp³-hybridized carbons (Fsp3) is 0.364. The molecule has 1 aromatic carbocycles. The standard InChI is InChI=1S/C11H15ClN2O3/c1-6(15)14-11-8(16)4-3-7(12)10(11)9(17)5-13-2/h3-4,9,13,16-17H,5H2,1-2H3,(H,14,15). The van der Waals surface area contributed by atoms with Crippen LogP contribution in [0.5, 0.6) is 5.75 Å². The number of aliphatic hydroxyl groups excluding tert-OH is 1. The number of carbonyl (C=O) groups excluding carboxylic acids is 1. The van der Waals surface area contributed by atoms with Crippen LogP contribution in [0.3, 0.4) is 0 Å². The van der Waals surface area contributed by atoms with Gasteiger partial charge in [0, 0.05) is 24.1 Å². The van der Waals surface area contributed by atoms with Gasteiger partial charge in [0.05, 0.1) is 11.8 Å². The highest BCUT2D eigenvalue weighted by Crippen LogP contribution is 2.37. The molecule has 0 spiro atoms. The SMILES string of the molecule is CNCC(O)c1c(Cl)ccc(O)c1NC(C)=O. The summed E-state index contributed by atoms with van der Waals surface area (Å²) >= 11 is 5.97. The van der Waals surface area contributed by atoms with Gasteiger partial charge in [0.1, 0.15) is 5.75 Å². The van der Waals surface area contributed by atoms with Crippen molar-refractivity contribution >= 4 is 23.2 Å². The predicted molar refractivity (Wildman–Crippen MR) is 66.3 cm³/mol. The minimum absolute atomic E-state index is 0.130. The van der Waals surface area contributed by atoms with E-state index in [1.165, 1.54) is 19.1 Å². The van der Waals surface area contributed by atoms with Crippen molar-refractivity contribution < 1.29 is 15.0 Å². The quantitative estimate of drug-likeness (QED) is 0.613. The van der Waals surface area contributed by atoms with E-state index in [0.29, 0.717) is 5.56 Å². The van der Waals surface area contributed by atoms with Gasteiger partial charge >= 0.3 is 0 Å². The number of phenols is 1. The number of likely N-dealkylation sites (N-methyl/N-ethyl adjacent to an activating group) is 1. The molecule has 0 saturated carbocycles. The average molecular weight is 259 g/mol. The lowest BCUT2D eigenvalue weighted by Crippen LogP contribution is -2.19. The first-order valence-corrected chi connectivity index (χ1v) is 5.46. The fourth-order valence-electron chi connectivity index (χ4n) is 1.51. The molecule has 0 bridgehead atoms. The first-order valence-electron chi connectivity index (χ1n) is 5.09. The summed E-state index contributed by atoms with van der Waals surface area (Å²) in [5.74, 6) is -0.477. The van der Waals surface area contributed by atoms with Crippen molar-refractivity contribution in [2.45, 2.75) is 13.0 Å². The van der Waals surface area contributed by atoms with Crippen molar-refractivity contribution in [1.82, 2.24) is 5.32 Å². The highest BCUT2D eigenvalue weighted by atomic mass is 35.5. The molecule has 4 N–H and O–H groups in total. The average Bonchev–Trinajstić information content (AvgIpc) is 2.23. The van der Waals surface area contributed by atoms with Crippen molar-refractivity contribution in [2.24, 2.45) is 0 Å². The van der Waals surface area contributed by atoms with E-state index < -0.39 is 6.10 Å². The highest BCUT2D eigenvalue weighted by Gasteiger charge is 2.19. The van der Waals surface area contributed by atoms with Crippen molar-refractivity contribution in [2.75, 3.05) is 18.9 Å². The summed E-state index contributed by atoms with van der Waals surface area (Å²) < 4.78 is 0. The number of amides is 1. The summed E-state index contributed by atoms with van der Waals surface area (Å²) in [4.78, 5) is 11.0. The Morgan fingerprint density at radius 3 is 2.71 bits per heavy atom. The lowest BCUT2D eigenvalue weighted by molar-refractivity contribution is -0.114. The number of benzene rings is 1. The van der Waals surface area contributed by atoms with E-state index in [9.17, 15) is 15.0 Å². The van der Waals surface area contributed by atoms with Gasteiger partial charge in [-0.2, -0.15) is 0 Å². The number of nitrogens with one attached hydrogen (secondary N) is 2. The van der Waals surface area contributed by atoms with E-state index in [0.717, 1.165) is 0 Å². The lowest BCUT2D eigenvalue weighted by atomic mass is 10.1. The number of carbonyl (C=O) groups is 1. The summed E-state index contributed by atoms with van der Waals surface area (Å²) in [6, 6.07) is 2.83. The molecule has 0 saturated heterocycles. The Kier molecular flexibility index (Phi) is 4.74. The number of aromatic hydroxyl groups is 1. The molecular weight excluding hydrogens is 244 g/mol. The van der Waals surface area contributed by atoms with E-state index in [-0.39, 0.29) is 28.9 Å². The third-order valence-electron chi connectivity index (χ3n) is 2.20. The number of anilines is 1. The van der Waals surface area contributed by atoms with Crippen LogP contribution < -0.4 is 10.6 Å². The van der Waals surface area contributed by atoms with Gasteiger partial charge in [-0.1, -0.05) is 11.6 Å². The Balaban J connectivity index is 3.23. The Labute approximate surface area is 104 Å². The second-order valence-corrected chi connectivity index (χ2v) is 4.02. The second-order valence-electron chi connectivity index (χ2n) is 3.61. The second kappa shape index (κ2) is 5.86. The van der Waals surface area contributed by atoms with Crippen LogP contribution in [0.2, 0.25) is 5.02 Å². The van der Waals surface area contributed by atoms with E-state index in [1.807, 2.05) is 0 Å². The minimum atomic E-state index is -0.915. The van der Waals surface area contributed by atoms with Gasteiger partial charge in [-0.05, 0) is 19.2 Å². The van der Waals surface area contributed by atoms with Gasteiger partial charge in [0.2, 0.25) is 5.91 Å². The lowest BCUT2D eigenvalue weighted by Gasteiger charge is -2.18. The molecule has 94 valence electrons. The van der Waals surface area contributed by atoms with Crippen molar-refractivity contribution in [1.29, 1.82) is 0 Å². The van der Waals surface area contributed by atoms with Crippen molar-refractivity contribution in [3.8, 4) is 5.75 Å². The van der Waals surface area contributed by atoms with Gasteiger partial charge in [0.15, 0.2) is 0 Å². The zero-order valence-corrected chi connectivity index (χ0v) is 10.4. The molecule has 0 aromatic heterocycles. The van der Waals surface area contributed by atoms with Gasteiger partial charge in [0.25, 0.3) is 0 Å². The molecule has 1 aromatic rings. The monoisotopic (exact) mass is 258 g/mol. The third-order valence-corrected chi connectivity index (χ3v) is 2.53. The Morgan fingerprint density at radius 1 is 1.53 bits per heavy atom. The Bertz CT molecular complexity index is 423. The smallest absolute Gasteiger partial charge is 0.221 e. The molecule has 6 heteroatoms. The maximum atomic E-state index is 11.0. The first-order chi connectivity index (χ1) is 7.97. The van der Waals surface area contributed by atoms with Gasteiger partial charge < -0.3 is 20.8 Å². The normalized spacial score (nSPS) is 12.2. The number of hydrogen-bond acceptors (Lipinski definition) is 4. The molecule has 0 radical (unpaired) electrons. The molecule has 5 nitrogen and oxygen atoms in total. The topological polar surface area (TPSA) is 81.6 Å². The molecule has 0 aliphatic heterocycles. The maximum Gasteiger partial charge on any atom is 0.221 e. The molecule has 17 heavy (non-hydrogen) atoms. The molecule has 0 heterocycles. The Hall–Kier alpha value is -1.30.